The summed E-state index contributed by atoms with van der Waals surface area (Å²) in [7, 11) is 0. The predicted octanol–water partition coefficient (Wildman–Crippen LogP) is 12.3. The van der Waals surface area contributed by atoms with Crippen molar-refractivity contribution in [2.24, 2.45) is 0 Å². The molecule has 0 unspecified atom stereocenters. The SMILES string of the molecule is c1ccc(-c2cccc(-c3nc(-n4c5ccccc5c5cc(-n6c7ccccc7c7ccccc76)ccc54)c4ccc5ccccc5c4n3)c2)cc1. The maximum Gasteiger partial charge on any atom is 0.162 e. The summed E-state index contributed by atoms with van der Waals surface area (Å²) >= 11 is 0. The Morgan fingerprint density at radius 1 is 0.327 bits per heavy atom. The van der Waals surface area contributed by atoms with Crippen molar-refractivity contribution >= 4 is 65.3 Å². The fraction of sp³-hybridized carbons (Fsp3) is 0. The van der Waals surface area contributed by atoms with Gasteiger partial charge in [0, 0.05) is 43.6 Å². The quantitative estimate of drug-likeness (QED) is 0.176. The van der Waals surface area contributed by atoms with Gasteiger partial charge in [-0.15, -0.1) is 0 Å². The van der Waals surface area contributed by atoms with Gasteiger partial charge in [-0.1, -0.05) is 133 Å². The van der Waals surface area contributed by atoms with Gasteiger partial charge in [0.15, 0.2) is 5.82 Å². The summed E-state index contributed by atoms with van der Waals surface area (Å²) in [6, 6.07) is 64.8. The van der Waals surface area contributed by atoms with E-state index in [0.29, 0.717) is 5.82 Å². The van der Waals surface area contributed by atoms with Gasteiger partial charge in [0.1, 0.15) is 5.82 Å². The zero-order valence-electron chi connectivity index (χ0n) is 28.1. The van der Waals surface area contributed by atoms with Crippen LogP contribution in [0.15, 0.2) is 182 Å². The van der Waals surface area contributed by atoms with Gasteiger partial charge in [-0.25, -0.2) is 9.97 Å². The number of hydrogen-bond donors (Lipinski definition) is 0. The van der Waals surface area contributed by atoms with Gasteiger partial charge in [-0.2, -0.15) is 0 Å². The number of aromatic nitrogens is 4. The summed E-state index contributed by atoms with van der Waals surface area (Å²) < 4.78 is 4.73. The molecule has 0 fully saturated rings. The Morgan fingerprint density at radius 2 is 0.904 bits per heavy atom. The molecule has 0 atom stereocenters. The Hall–Kier alpha value is -7.04. The summed E-state index contributed by atoms with van der Waals surface area (Å²) in [5.74, 6) is 1.57. The summed E-state index contributed by atoms with van der Waals surface area (Å²) in [6.07, 6.45) is 0. The number of nitrogens with zero attached hydrogens (tertiary/aromatic N) is 4. The van der Waals surface area contributed by atoms with Crippen LogP contribution in [0.2, 0.25) is 0 Å². The molecule has 0 aliphatic rings. The van der Waals surface area contributed by atoms with Crippen LogP contribution in [0, 0.1) is 0 Å². The molecule has 11 aromatic rings. The highest BCUT2D eigenvalue weighted by Gasteiger charge is 2.20. The highest BCUT2D eigenvalue weighted by molar-refractivity contribution is 6.14. The third-order valence-corrected chi connectivity index (χ3v) is 10.5. The van der Waals surface area contributed by atoms with Gasteiger partial charge in [-0.05, 0) is 65.0 Å². The van der Waals surface area contributed by atoms with Crippen molar-refractivity contribution < 1.29 is 0 Å². The molecule has 0 saturated carbocycles. The number of rotatable bonds is 4. The lowest BCUT2D eigenvalue weighted by molar-refractivity contribution is 1.08. The number of fused-ring (bicyclic) bond motifs is 9. The molecule has 0 aliphatic carbocycles. The summed E-state index contributed by atoms with van der Waals surface area (Å²) in [5, 5.41) is 8.14. The first-order valence-electron chi connectivity index (χ1n) is 17.7. The molecule has 0 aliphatic heterocycles. The molecular weight excluding hydrogens is 633 g/mol. The molecule has 0 radical (unpaired) electrons. The molecule has 3 aromatic heterocycles. The lowest BCUT2D eigenvalue weighted by Gasteiger charge is -2.15. The first-order valence-corrected chi connectivity index (χ1v) is 17.7. The molecule has 11 rings (SSSR count). The van der Waals surface area contributed by atoms with Crippen LogP contribution in [-0.2, 0) is 0 Å². The van der Waals surface area contributed by atoms with Crippen LogP contribution >= 0.6 is 0 Å². The van der Waals surface area contributed by atoms with Gasteiger partial charge in [0.05, 0.1) is 27.6 Å². The van der Waals surface area contributed by atoms with Gasteiger partial charge in [0.2, 0.25) is 0 Å². The number of hydrogen-bond acceptors (Lipinski definition) is 2. The van der Waals surface area contributed by atoms with Crippen molar-refractivity contribution in [1.82, 2.24) is 19.1 Å². The third-order valence-electron chi connectivity index (χ3n) is 10.5. The molecule has 0 bridgehead atoms. The van der Waals surface area contributed by atoms with Crippen LogP contribution in [0.5, 0.6) is 0 Å². The zero-order chi connectivity index (χ0) is 34.2. The van der Waals surface area contributed by atoms with E-state index in [1.54, 1.807) is 0 Å². The fourth-order valence-electron chi connectivity index (χ4n) is 8.14. The molecule has 52 heavy (non-hydrogen) atoms. The van der Waals surface area contributed by atoms with E-state index in [4.69, 9.17) is 9.97 Å². The average Bonchev–Trinajstić information content (AvgIpc) is 3.73. The first kappa shape index (κ1) is 28.8. The van der Waals surface area contributed by atoms with Gasteiger partial charge in [-0.3, -0.25) is 4.57 Å². The van der Waals surface area contributed by atoms with Crippen LogP contribution in [-0.4, -0.2) is 19.1 Å². The van der Waals surface area contributed by atoms with Crippen molar-refractivity contribution in [3.05, 3.63) is 182 Å². The standard InChI is InChI=1S/C48H30N4/c1-2-13-31(14-3-1)33-16-12-17-34(29-33)47-49-46-36-18-5-4-15-32(36)25-27-40(46)48(50-47)52-44-24-11-8-21-39(44)41-30-35(26-28-45(41)52)51-42-22-9-6-19-37(42)38-20-7-10-23-43(38)51/h1-30H. The molecular formula is C48H30N4. The van der Waals surface area contributed by atoms with Gasteiger partial charge >= 0.3 is 0 Å². The fourth-order valence-corrected chi connectivity index (χ4v) is 8.14. The van der Waals surface area contributed by atoms with Gasteiger partial charge in [0.25, 0.3) is 0 Å². The molecule has 4 heteroatoms. The van der Waals surface area contributed by atoms with Crippen LogP contribution in [0.3, 0.4) is 0 Å². The van der Waals surface area contributed by atoms with Crippen LogP contribution in [0.4, 0.5) is 0 Å². The van der Waals surface area contributed by atoms with E-state index in [2.05, 4.69) is 191 Å². The Bertz CT molecular complexity index is 3130. The maximum atomic E-state index is 5.46. The molecule has 3 heterocycles. The van der Waals surface area contributed by atoms with Crippen molar-refractivity contribution in [3.63, 3.8) is 0 Å². The van der Waals surface area contributed by atoms with E-state index in [0.717, 1.165) is 60.9 Å². The average molecular weight is 663 g/mol. The molecule has 4 nitrogen and oxygen atoms in total. The maximum absolute atomic E-state index is 5.46. The van der Waals surface area contributed by atoms with Crippen LogP contribution in [0.1, 0.15) is 0 Å². The van der Waals surface area contributed by atoms with Crippen LogP contribution < -0.4 is 0 Å². The third kappa shape index (κ3) is 4.28. The van der Waals surface area contributed by atoms with E-state index >= 15 is 0 Å². The molecule has 0 saturated heterocycles. The van der Waals surface area contributed by atoms with E-state index in [-0.39, 0.29) is 0 Å². The zero-order valence-corrected chi connectivity index (χ0v) is 28.1. The number of benzene rings is 8. The summed E-state index contributed by atoms with van der Waals surface area (Å²) in [6.45, 7) is 0. The van der Waals surface area contributed by atoms with Crippen molar-refractivity contribution in [3.8, 4) is 34.0 Å². The second-order valence-corrected chi connectivity index (χ2v) is 13.4. The van der Waals surface area contributed by atoms with Gasteiger partial charge < -0.3 is 4.57 Å². The normalized spacial score (nSPS) is 11.8. The second kappa shape index (κ2) is 11.2. The minimum atomic E-state index is 0.699. The Kier molecular flexibility index (Phi) is 6.22. The smallest absolute Gasteiger partial charge is 0.162 e. The number of para-hydroxylation sites is 3. The van der Waals surface area contributed by atoms with E-state index < -0.39 is 0 Å². The van der Waals surface area contributed by atoms with E-state index in [1.165, 1.54) is 32.6 Å². The predicted molar refractivity (Wildman–Crippen MR) is 217 cm³/mol. The summed E-state index contributed by atoms with van der Waals surface area (Å²) in [4.78, 5) is 10.8. The molecule has 0 spiro atoms. The minimum Gasteiger partial charge on any atom is -0.309 e. The van der Waals surface area contributed by atoms with E-state index in [1.807, 2.05) is 0 Å². The van der Waals surface area contributed by atoms with Crippen molar-refractivity contribution in [2.45, 2.75) is 0 Å². The molecule has 8 aromatic carbocycles. The molecule has 0 amide bonds. The lowest BCUT2D eigenvalue weighted by atomic mass is 10.0. The Balaban J connectivity index is 1.20. The molecule has 0 N–H and O–H groups in total. The first-order chi connectivity index (χ1) is 25.8. The Labute approximate surface area is 299 Å². The lowest BCUT2D eigenvalue weighted by Crippen LogP contribution is -2.03. The largest absolute Gasteiger partial charge is 0.309 e. The van der Waals surface area contributed by atoms with Crippen molar-refractivity contribution in [1.29, 1.82) is 0 Å². The highest BCUT2D eigenvalue weighted by atomic mass is 15.1. The van der Waals surface area contributed by atoms with Crippen molar-refractivity contribution in [2.75, 3.05) is 0 Å². The minimum absolute atomic E-state index is 0.699. The summed E-state index contributed by atoms with van der Waals surface area (Å²) in [5.41, 5.74) is 9.95. The monoisotopic (exact) mass is 662 g/mol. The second-order valence-electron chi connectivity index (χ2n) is 13.4. The van der Waals surface area contributed by atoms with E-state index in [9.17, 15) is 0 Å². The Morgan fingerprint density at radius 3 is 1.65 bits per heavy atom. The topological polar surface area (TPSA) is 35.6 Å². The van der Waals surface area contributed by atoms with Crippen LogP contribution in [0.25, 0.3) is 99.3 Å². The molecule has 242 valence electrons. The highest BCUT2D eigenvalue weighted by Crippen LogP contribution is 2.39.